The lowest BCUT2D eigenvalue weighted by atomic mass is 9.80. The third kappa shape index (κ3) is 3.08. The number of hydrogen-bond acceptors (Lipinski definition) is 4. The summed E-state index contributed by atoms with van der Waals surface area (Å²) in [4.78, 5) is 16.8. The molecule has 0 spiro atoms. The van der Waals surface area contributed by atoms with Gasteiger partial charge in [-0.25, -0.2) is 4.98 Å². The first-order chi connectivity index (χ1) is 13.1. The van der Waals surface area contributed by atoms with Gasteiger partial charge in [0.1, 0.15) is 5.75 Å². The minimum atomic E-state index is -1.14. The SMILES string of the molecule is COc1ccccc1/C=C1\C[C@H](C)Cc2c1nc1ccccc1c2C(=O)[O-]. The van der Waals surface area contributed by atoms with Gasteiger partial charge in [0, 0.05) is 16.5 Å². The Bertz CT molecular complexity index is 1070. The number of fused-ring (bicyclic) bond motifs is 2. The van der Waals surface area contributed by atoms with Crippen molar-refractivity contribution in [1.82, 2.24) is 4.98 Å². The number of methoxy groups -OCH3 is 1. The van der Waals surface area contributed by atoms with Gasteiger partial charge in [0.05, 0.1) is 24.3 Å². The second-order valence-corrected chi connectivity index (χ2v) is 7.04. The van der Waals surface area contributed by atoms with Crippen molar-refractivity contribution in [2.24, 2.45) is 5.92 Å². The van der Waals surface area contributed by atoms with Gasteiger partial charge in [0.25, 0.3) is 0 Å². The fourth-order valence-electron chi connectivity index (χ4n) is 3.94. The number of aromatic nitrogens is 1. The zero-order valence-corrected chi connectivity index (χ0v) is 15.4. The van der Waals surface area contributed by atoms with Crippen molar-refractivity contribution in [3.8, 4) is 5.75 Å². The number of rotatable bonds is 3. The van der Waals surface area contributed by atoms with Crippen LogP contribution >= 0.6 is 0 Å². The molecule has 0 unspecified atom stereocenters. The number of aromatic carboxylic acids is 1. The molecule has 1 aliphatic carbocycles. The molecule has 2 aromatic carbocycles. The highest BCUT2D eigenvalue weighted by Gasteiger charge is 2.25. The number of benzene rings is 2. The molecule has 0 saturated carbocycles. The summed E-state index contributed by atoms with van der Waals surface area (Å²) in [6, 6.07) is 15.2. The van der Waals surface area contributed by atoms with E-state index < -0.39 is 5.97 Å². The van der Waals surface area contributed by atoms with Crippen LogP contribution in [0.3, 0.4) is 0 Å². The minimum Gasteiger partial charge on any atom is -0.545 e. The van der Waals surface area contributed by atoms with E-state index in [1.165, 1.54) is 0 Å². The van der Waals surface area contributed by atoms with Gasteiger partial charge in [-0.05, 0) is 48.1 Å². The highest BCUT2D eigenvalue weighted by Crippen LogP contribution is 2.39. The van der Waals surface area contributed by atoms with E-state index in [0.717, 1.165) is 34.6 Å². The molecule has 0 radical (unpaired) electrons. The lowest BCUT2D eigenvalue weighted by molar-refractivity contribution is -0.254. The Morgan fingerprint density at radius 2 is 1.89 bits per heavy atom. The molecule has 0 saturated heterocycles. The molecule has 0 N–H and O–H groups in total. The average molecular weight is 358 g/mol. The van der Waals surface area contributed by atoms with E-state index in [2.05, 4.69) is 13.0 Å². The molecule has 1 aliphatic rings. The molecule has 27 heavy (non-hydrogen) atoms. The van der Waals surface area contributed by atoms with Crippen molar-refractivity contribution in [3.63, 3.8) is 0 Å². The largest absolute Gasteiger partial charge is 0.545 e. The topological polar surface area (TPSA) is 62.2 Å². The van der Waals surface area contributed by atoms with Gasteiger partial charge in [-0.15, -0.1) is 0 Å². The molecule has 1 aromatic heterocycles. The molecule has 0 bridgehead atoms. The highest BCUT2D eigenvalue weighted by molar-refractivity contribution is 6.05. The van der Waals surface area contributed by atoms with Crippen LogP contribution in [0.2, 0.25) is 0 Å². The predicted molar refractivity (Wildman–Crippen MR) is 104 cm³/mol. The number of carboxylic acid groups (broad SMARTS) is 1. The second-order valence-electron chi connectivity index (χ2n) is 7.04. The first-order valence-corrected chi connectivity index (χ1v) is 9.05. The predicted octanol–water partition coefficient (Wildman–Crippen LogP) is 3.73. The van der Waals surface area contributed by atoms with Crippen molar-refractivity contribution < 1.29 is 14.6 Å². The lowest BCUT2D eigenvalue weighted by Gasteiger charge is -2.27. The second kappa shape index (κ2) is 6.88. The summed E-state index contributed by atoms with van der Waals surface area (Å²) in [5.41, 5.74) is 4.47. The van der Waals surface area contributed by atoms with E-state index in [-0.39, 0.29) is 5.56 Å². The van der Waals surface area contributed by atoms with Gasteiger partial charge < -0.3 is 14.6 Å². The van der Waals surface area contributed by atoms with Crippen LogP contribution in [0, 0.1) is 5.92 Å². The maximum Gasteiger partial charge on any atom is 0.126 e. The number of hydrogen-bond donors (Lipinski definition) is 0. The summed E-state index contributed by atoms with van der Waals surface area (Å²) in [6.07, 6.45) is 3.58. The van der Waals surface area contributed by atoms with E-state index in [9.17, 15) is 9.90 Å². The standard InChI is InChI=1S/C23H21NO3/c1-14-11-16(13-15-7-3-6-10-20(15)27-2)22-18(12-14)21(23(25)26)17-8-4-5-9-19(17)24-22/h3-10,13-14H,11-12H2,1-2H3,(H,25,26)/p-1/b16-13+/t14-/m0/s1. The molecule has 4 heteroatoms. The lowest BCUT2D eigenvalue weighted by Crippen LogP contribution is -2.27. The maximum absolute atomic E-state index is 12.0. The van der Waals surface area contributed by atoms with Crippen LogP contribution in [0.4, 0.5) is 0 Å². The van der Waals surface area contributed by atoms with Crippen molar-refractivity contribution in [2.45, 2.75) is 19.8 Å². The highest BCUT2D eigenvalue weighted by atomic mass is 16.5. The van der Waals surface area contributed by atoms with E-state index in [4.69, 9.17) is 9.72 Å². The van der Waals surface area contributed by atoms with Crippen LogP contribution < -0.4 is 9.84 Å². The number of carbonyl (C=O) groups is 1. The van der Waals surface area contributed by atoms with E-state index in [0.29, 0.717) is 23.2 Å². The Morgan fingerprint density at radius 1 is 1.15 bits per heavy atom. The molecule has 4 rings (SSSR count). The average Bonchev–Trinajstić information content (AvgIpc) is 2.66. The van der Waals surface area contributed by atoms with Crippen LogP contribution in [0.1, 0.15) is 40.5 Å². The molecule has 1 atom stereocenters. The molecule has 0 aliphatic heterocycles. The Balaban J connectivity index is 1.99. The van der Waals surface area contributed by atoms with Crippen molar-refractivity contribution in [3.05, 3.63) is 70.9 Å². The van der Waals surface area contributed by atoms with Gasteiger partial charge in [-0.1, -0.05) is 43.3 Å². The third-order valence-corrected chi connectivity index (χ3v) is 5.09. The van der Waals surface area contributed by atoms with E-state index in [1.54, 1.807) is 13.2 Å². The van der Waals surface area contributed by atoms with Gasteiger partial charge in [-0.2, -0.15) is 0 Å². The summed E-state index contributed by atoms with van der Waals surface area (Å²) in [6.45, 7) is 2.13. The number of pyridine rings is 1. The minimum absolute atomic E-state index is 0.271. The molecule has 0 fully saturated rings. The van der Waals surface area contributed by atoms with Crippen molar-refractivity contribution in [2.75, 3.05) is 7.11 Å². The number of para-hydroxylation sites is 2. The smallest absolute Gasteiger partial charge is 0.126 e. The van der Waals surface area contributed by atoms with Crippen molar-refractivity contribution >= 4 is 28.5 Å². The van der Waals surface area contributed by atoms with Gasteiger partial charge in [0.15, 0.2) is 0 Å². The van der Waals surface area contributed by atoms with E-state index in [1.807, 2.05) is 42.5 Å². The Labute approximate surface area is 158 Å². The molecule has 1 heterocycles. The number of carboxylic acids is 1. The molecule has 136 valence electrons. The normalized spacial score (nSPS) is 17.7. The zero-order chi connectivity index (χ0) is 19.0. The quantitative estimate of drug-likeness (QED) is 0.716. The van der Waals surface area contributed by atoms with Crippen LogP contribution in [0.15, 0.2) is 48.5 Å². The summed E-state index contributed by atoms with van der Waals surface area (Å²) in [5.74, 6) is -0.0409. The molecule has 4 nitrogen and oxygen atoms in total. The van der Waals surface area contributed by atoms with Crippen LogP contribution in [0.5, 0.6) is 5.75 Å². The summed E-state index contributed by atoms with van der Waals surface area (Å²) in [5, 5.41) is 12.6. The summed E-state index contributed by atoms with van der Waals surface area (Å²) < 4.78 is 5.46. The van der Waals surface area contributed by atoms with E-state index >= 15 is 0 Å². The number of nitrogens with zero attached hydrogens (tertiary/aromatic N) is 1. The van der Waals surface area contributed by atoms with Crippen LogP contribution in [-0.2, 0) is 6.42 Å². The Kier molecular flexibility index (Phi) is 4.40. The summed E-state index contributed by atoms with van der Waals surface area (Å²) >= 11 is 0. The van der Waals surface area contributed by atoms with Gasteiger partial charge >= 0.3 is 0 Å². The first kappa shape index (κ1) is 17.3. The molecular weight excluding hydrogens is 338 g/mol. The van der Waals surface area contributed by atoms with Crippen LogP contribution in [0.25, 0.3) is 22.6 Å². The maximum atomic E-state index is 12.0. The fourth-order valence-corrected chi connectivity index (χ4v) is 3.94. The number of ether oxygens (including phenoxy) is 1. The number of allylic oxidation sites excluding steroid dienone is 1. The zero-order valence-electron chi connectivity index (χ0n) is 15.4. The summed E-state index contributed by atoms with van der Waals surface area (Å²) in [7, 11) is 1.65. The van der Waals surface area contributed by atoms with Gasteiger partial charge in [-0.3, -0.25) is 0 Å². The van der Waals surface area contributed by atoms with Crippen LogP contribution in [-0.4, -0.2) is 18.1 Å². The molecule has 3 aromatic rings. The first-order valence-electron chi connectivity index (χ1n) is 9.05. The third-order valence-electron chi connectivity index (χ3n) is 5.09. The number of carbonyl (C=O) groups excluding carboxylic acids is 1. The molecule has 0 amide bonds. The van der Waals surface area contributed by atoms with Gasteiger partial charge in [0.2, 0.25) is 0 Å². The Hall–Kier alpha value is -3.14. The molecular formula is C23H20NO3-. The Morgan fingerprint density at radius 3 is 2.67 bits per heavy atom. The fraction of sp³-hybridized carbons (Fsp3) is 0.217. The van der Waals surface area contributed by atoms with Crippen molar-refractivity contribution in [1.29, 1.82) is 0 Å². The monoisotopic (exact) mass is 358 g/mol.